The standard InChI is InChI=1S/C9H15NO2/c1-5-6-7-8(11)10-12-9(2,3)4/h1H,6-7H2,2-4H3,(H,10,11). The third-order valence-electron chi connectivity index (χ3n) is 0.967. The number of nitrogens with one attached hydrogen (secondary N) is 1. The van der Waals surface area contributed by atoms with Gasteiger partial charge in [-0.05, 0) is 20.8 Å². The summed E-state index contributed by atoms with van der Waals surface area (Å²) in [5.41, 5.74) is 1.97. The van der Waals surface area contributed by atoms with E-state index in [-0.39, 0.29) is 11.5 Å². The van der Waals surface area contributed by atoms with Crippen molar-refractivity contribution in [2.75, 3.05) is 0 Å². The second kappa shape index (κ2) is 4.78. The quantitative estimate of drug-likeness (QED) is 0.510. The van der Waals surface area contributed by atoms with Gasteiger partial charge in [-0.25, -0.2) is 5.48 Å². The number of rotatable bonds is 3. The summed E-state index contributed by atoms with van der Waals surface area (Å²) in [5.74, 6) is 2.20. The Hall–Kier alpha value is -1.01. The van der Waals surface area contributed by atoms with Crippen LogP contribution >= 0.6 is 0 Å². The van der Waals surface area contributed by atoms with E-state index in [1.54, 1.807) is 0 Å². The van der Waals surface area contributed by atoms with E-state index in [4.69, 9.17) is 11.3 Å². The maximum absolute atomic E-state index is 10.9. The summed E-state index contributed by atoms with van der Waals surface area (Å²) in [6.07, 6.45) is 5.74. The highest BCUT2D eigenvalue weighted by atomic mass is 16.7. The van der Waals surface area contributed by atoms with Crippen LogP contribution in [0.2, 0.25) is 0 Å². The Kier molecular flexibility index (Phi) is 4.38. The minimum atomic E-state index is -0.355. The zero-order valence-electron chi connectivity index (χ0n) is 7.81. The SMILES string of the molecule is C#CCCC(=O)NOC(C)(C)C. The molecular weight excluding hydrogens is 154 g/mol. The van der Waals surface area contributed by atoms with Crippen molar-refractivity contribution in [3.8, 4) is 12.3 Å². The molecule has 0 aromatic rings. The summed E-state index contributed by atoms with van der Waals surface area (Å²) in [6.45, 7) is 5.57. The number of hydrogen-bond acceptors (Lipinski definition) is 2. The van der Waals surface area contributed by atoms with Gasteiger partial charge >= 0.3 is 0 Å². The van der Waals surface area contributed by atoms with Gasteiger partial charge in [-0.2, -0.15) is 0 Å². The van der Waals surface area contributed by atoms with Crippen molar-refractivity contribution in [3.63, 3.8) is 0 Å². The first kappa shape index (κ1) is 11.0. The van der Waals surface area contributed by atoms with Crippen LogP contribution in [0.1, 0.15) is 33.6 Å². The molecule has 3 nitrogen and oxygen atoms in total. The molecule has 0 aliphatic carbocycles. The fourth-order valence-electron chi connectivity index (χ4n) is 0.447. The summed E-state index contributed by atoms with van der Waals surface area (Å²) in [6, 6.07) is 0. The molecule has 0 bridgehead atoms. The Morgan fingerprint density at radius 2 is 2.17 bits per heavy atom. The van der Waals surface area contributed by atoms with Gasteiger partial charge in [-0.1, -0.05) is 0 Å². The molecule has 1 amide bonds. The molecule has 12 heavy (non-hydrogen) atoms. The number of carbonyl (C=O) groups is 1. The summed E-state index contributed by atoms with van der Waals surface area (Å²) < 4.78 is 0. The molecule has 0 atom stereocenters. The van der Waals surface area contributed by atoms with E-state index in [9.17, 15) is 4.79 Å². The second-order valence-electron chi connectivity index (χ2n) is 3.44. The van der Waals surface area contributed by atoms with E-state index in [0.29, 0.717) is 12.8 Å². The molecule has 0 aromatic carbocycles. The Labute approximate surface area is 73.4 Å². The minimum Gasteiger partial charge on any atom is -0.273 e. The number of terminal acetylenes is 1. The zero-order chi connectivity index (χ0) is 9.61. The maximum Gasteiger partial charge on any atom is 0.244 e. The fourth-order valence-corrected chi connectivity index (χ4v) is 0.447. The van der Waals surface area contributed by atoms with Gasteiger partial charge < -0.3 is 0 Å². The van der Waals surface area contributed by atoms with Gasteiger partial charge in [0.05, 0.1) is 5.60 Å². The highest BCUT2D eigenvalue weighted by Gasteiger charge is 2.11. The zero-order valence-corrected chi connectivity index (χ0v) is 7.81. The van der Waals surface area contributed by atoms with Crippen LogP contribution in [0.5, 0.6) is 0 Å². The van der Waals surface area contributed by atoms with Crippen molar-refractivity contribution in [3.05, 3.63) is 0 Å². The van der Waals surface area contributed by atoms with Gasteiger partial charge in [-0.3, -0.25) is 9.63 Å². The molecule has 3 heteroatoms. The third-order valence-corrected chi connectivity index (χ3v) is 0.967. The lowest BCUT2D eigenvalue weighted by Gasteiger charge is -2.18. The summed E-state index contributed by atoms with van der Waals surface area (Å²) in [5, 5.41) is 0. The van der Waals surface area contributed by atoms with Gasteiger partial charge in [0.1, 0.15) is 0 Å². The van der Waals surface area contributed by atoms with Gasteiger partial charge in [0.25, 0.3) is 0 Å². The van der Waals surface area contributed by atoms with Crippen LogP contribution in [-0.2, 0) is 9.63 Å². The van der Waals surface area contributed by atoms with Gasteiger partial charge in [-0.15, -0.1) is 12.3 Å². The van der Waals surface area contributed by atoms with E-state index in [1.807, 2.05) is 20.8 Å². The molecule has 0 saturated heterocycles. The smallest absolute Gasteiger partial charge is 0.244 e. The average Bonchev–Trinajstić information content (AvgIpc) is 1.95. The van der Waals surface area contributed by atoms with Crippen molar-refractivity contribution >= 4 is 5.91 Å². The summed E-state index contributed by atoms with van der Waals surface area (Å²) >= 11 is 0. The van der Waals surface area contributed by atoms with Crippen LogP contribution in [0, 0.1) is 12.3 Å². The lowest BCUT2D eigenvalue weighted by atomic mass is 10.2. The monoisotopic (exact) mass is 169 g/mol. The predicted octanol–water partition coefficient (Wildman–Crippen LogP) is 1.25. The van der Waals surface area contributed by atoms with Crippen LogP contribution in [0.3, 0.4) is 0 Å². The second-order valence-corrected chi connectivity index (χ2v) is 3.44. The first-order valence-corrected chi connectivity index (χ1v) is 3.86. The Balaban J connectivity index is 3.53. The first-order chi connectivity index (χ1) is 5.45. The van der Waals surface area contributed by atoms with Crippen LogP contribution in [0.4, 0.5) is 0 Å². The van der Waals surface area contributed by atoms with Crippen LogP contribution in [-0.4, -0.2) is 11.5 Å². The van der Waals surface area contributed by atoms with E-state index >= 15 is 0 Å². The maximum atomic E-state index is 10.9. The number of carbonyl (C=O) groups excluding carboxylic acids is 1. The molecule has 0 radical (unpaired) electrons. The van der Waals surface area contributed by atoms with E-state index in [0.717, 1.165) is 0 Å². The highest BCUT2D eigenvalue weighted by molar-refractivity contribution is 5.74. The van der Waals surface area contributed by atoms with Gasteiger partial charge in [0.15, 0.2) is 0 Å². The van der Waals surface area contributed by atoms with Gasteiger partial charge in [0.2, 0.25) is 5.91 Å². The molecule has 1 N–H and O–H groups in total. The van der Waals surface area contributed by atoms with E-state index in [1.165, 1.54) is 0 Å². The molecule has 0 aliphatic heterocycles. The topological polar surface area (TPSA) is 38.3 Å². The normalized spacial score (nSPS) is 10.5. The highest BCUT2D eigenvalue weighted by Crippen LogP contribution is 2.03. The Morgan fingerprint density at radius 3 is 2.58 bits per heavy atom. The third kappa shape index (κ3) is 7.10. The molecule has 0 rings (SSSR count). The van der Waals surface area contributed by atoms with Crippen molar-refractivity contribution in [2.24, 2.45) is 0 Å². The summed E-state index contributed by atoms with van der Waals surface area (Å²) in [7, 11) is 0. The summed E-state index contributed by atoms with van der Waals surface area (Å²) in [4.78, 5) is 15.9. The van der Waals surface area contributed by atoms with Crippen LogP contribution < -0.4 is 5.48 Å². The largest absolute Gasteiger partial charge is 0.273 e. The molecule has 0 saturated carbocycles. The van der Waals surface area contributed by atoms with Crippen molar-refractivity contribution in [2.45, 2.75) is 39.2 Å². The minimum absolute atomic E-state index is 0.178. The Bertz CT molecular complexity index is 186. The predicted molar refractivity (Wildman–Crippen MR) is 47.0 cm³/mol. The van der Waals surface area contributed by atoms with Crippen LogP contribution in [0.15, 0.2) is 0 Å². The molecule has 0 aromatic heterocycles. The van der Waals surface area contributed by atoms with Crippen molar-refractivity contribution in [1.29, 1.82) is 0 Å². The van der Waals surface area contributed by atoms with Crippen molar-refractivity contribution in [1.82, 2.24) is 5.48 Å². The number of hydrogen-bond donors (Lipinski definition) is 1. The lowest BCUT2D eigenvalue weighted by Crippen LogP contribution is -2.33. The number of amides is 1. The molecular formula is C9H15NO2. The van der Waals surface area contributed by atoms with E-state index in [2.05, 4.69) is 11.4 Å². The fraction of sp³-hybridized carbons (Fsp3) is 0.667. The molecule has 0 unspecified atom stereocenters. The number of hydroxylamine groups is 1. The molecule has 0 heterocycles. The van der Waals surface area contributed by atoms with Crippen LogP contribution in [0.25, 0.3) is 0 Å². The Morgan fingerprint density at radius 1 is 1.58 bits per heavy atom. The molecule has 0 spiro atoms. The van der Waals surface area contributed by atoms with E-state index < -0.39 is 0 Å². The lowest BCUT2D eigenvalue weighted by molar-refractivity contribution is -0.145. The van der Waals surface area contributed by atoms with Gasteiger partial charge in [0, 0.05) is 12.8 Å². The van der Waals surface area contributed by atoms with Crippen molar-refractivity contribution < 1.29 is 9.63 Å². The molecule has 0 aliphatic rings. The average molecular weight is 169 g/mol. The first-order valence-electron chi connectivity index (χ1n) is 3.86. The molecule has 0 fully saturated rings. The molecule has 68 valence electrons.